The van der Waals surface area contributed by atoms with E-state index in [0.717, 1.165) is 43.2 Å². The minimum Gasteiger partial charge on any atom is -0.494 e. The fraction of sp³-hybridized carbons (Fsp3) is 0.500. The van der Waals surface area contributed by atoms with Crippen LogP contribution in [-0.2, 0) is 13.0 Å². The van der Waals surface area contributed by atoms with Gasteiger partial charge >= 0.3 is 0 Å². The van der Waals surface area contributed by atoms with E-state index in [0.29, 0.717) is 6.54 Å². The molecule has 0 aromatic carbocycles. The van der Waals surface area contributed by atoms with Crippen LogP contribution in [0.15, 0.2) is 12.7 Å². The summed E-state index contributed by atoms with van der Waals surface area (Å²) in [6, 6.07) is 0. The van der Waals surface area contributed by atoms with Gasteiger partial charge in [-0.05, 0) is 19.3 Å². The third-order valence-corrected chi connectivity index (χ3v) is 2.93. The zero-order valence-corrected chi connectivity index (χ0v) is 8.87. The van der Waals surface area contributed by atoms with Crippen LogP contribution in [0.1, 0.15) is 36.8 Å². The van der Waals surface area contributed by atoms with Gasteiger partial charge in [-0.25, -0.2) is 0 Å². The lowest BCUT2D eigenvalue weighted by Crippen LogP contribution is -1.98. The van der Waals surface area contributed by atoms with Crippen LogP contribution in [0.2, 0.25) is 0 Å². The van der Waals surface area contributed by atoms with Gasteiger partial charge in [-0.15, -0.1) is 6.58 Å². The molecule has 1 aromatic heterocycles. The molecule has 2 rings (SSSR count). The van der Waals surface area contributed by atoms with E-state index < -0.39 is 0 Å². The van der Waals surface area contributed by atoms with E-state index in [2.05, 4.69) is 6.58 Å². The molecular weight excluding hydrogens is 190 g/mol. The number of fused-ring (bicyclic) bond motifs is 1. The molecule has 1 aliphatic rings. The fourth-order valence-electron chi connectivity index (χ4n) is 1.93. The Balaban J connectivity index is 1.82. The Bertz CT molecular complexity index is 354. The van der Waals surface area contributed by atoms with Crippen molar-refractivity contribution in [3.63, 3.8) is 0 Å². The van der Waals surface area contributed by atoms with Gasteiger partial charge < -0.3 is 10.2 Å². The summed E-state index contributed by atoms with van der Waals surface area (Å²) in [7, 11) is 0. The van der Waals surface area contributed by atoms with Crippen LogP contribution in [0.4, 0.5) is 0 Å². The summed E-state index contributed by atoms with van der Waals surface area (Å²) in [5.41, 5.74) is 1.86. The zero-order valence-electron chi connectivity index (χ0n) is 8.87. The molecule has 0 unspecified atom stereocenters. The molecule has 1 aromatic rings. The number of hydrogen-bond donors (Lipinski definition) is 2. The highest BCUT2D eigenvalue weighted by atomic mass is 16.3. The molecule has 1 aliphatic carbocycles. The van der Waals surface area contributed by atoms with Gasteiger partial charge in [-0.3, -0.25) is 4.57 Å². The smallest absolute Gasteiger partial charge is 0.197 e. The van der Waals surface area contributed by atoms with Crippen molar-refractivity contribution in [1.82, 2.24) is 4.57 Å². The zero-order chi connectivity index (χ0) is 10.8. The van der Waals surface area contributed by atoms with E-state index in [1.54, 1.807) is 4.57 Å². The molecule has 0 bridgehead atoms. The molecule has 3 nitrogen and oxygen atoms in total. The van der Waals surface area contributed by atoms with E-state index in [4.69, 9.17) is 0 Å². The number of hydrogen-bond acceptors (Lipinski definition) is 2. The van der Waals surface area contributed by atoms with Crippen LogP contribution in [0, 0.1) is 0 Å². The maximum atomic E-state index is 9.66. The minimum atomic E-state index is 0.270. The number of unbranched alkanes of at least 4 members (excludes halogenated alkanes) is 3. The normalized spacial score (nSPS) is 12.5. The first-order chi connectivity index (χ1) is 7.25. The van der Waals surface area contributed by atoms with E-state index in [-0.39, 0.29) is 11.8 Å². The first-order valence-electron chi connectivity index (χ1n) is 5.48. The van der Waals surface area contributed by atoms with Crippen molar-refractivity contribution < 1.29 is 10.2 Å². The van der Waals surface area contributed by atoms with Crippen molar-refractivity contribution in [3.05, 3.63) is 23.8 Å². The van der Waals surface area contributed by atoms with Crippen molar-refractivity contribution in [2.45, 2.75) is 38.6 Å². The minimum absolute atomic E-state index is 0.270. The van der Waals surface area contributed by atoms with Gasteiger partial charge in [0.25, 0.3) is 0 Å². The third kappa shape index (κ3) is 1.87. The maximum Gasteiger partial charge on any atom is 0.197 e. The first kappa shape index (κ1) is 10.1. The summed E-state index contributed by atoms with van der Waals surface area (Å²) in [6.07, 6.45) is 6.96. The summed E-state index contributed by atoms with van der Waals surface area (Å²) in [4.78, 5) is 0. The van der Waals surface area contributed by atoms with Gasteiger partial charge in [0.15, 0.2) is 11.8 Å². The highest BCUT2D eigenvalue weighted by Gasteiger charge is 2.32. The Labute approximate surface area is 89.7 Å². The maximum absolute atomic E-state index is 9.66. The predicted octanol–water partition coefficient (Wildman–Crippen LogP) is 2.55. The van der Waals surface area contributed by atoms with Crippen molar-refractivity contribution in [2.24, 2.45) is 0 Å². The second-order valence-electron chi connectivity index (χ2n) is 4.07. The summed E-state index contributed by atoms with van der Waals surface area (Å²) in [5, 5.41) is 19.3. The molecule has 3 heteroatoms. The number of rotatable bonds is 6. The third-order valence-electron chi connectivity index (χ3n) is 2.93. The van der Waals surface area contributed by atoms with Crippen molar-refractivity contribution in [1.29, 1.82) is 0 Å². The van der Waals surface area contributed by atoms with Gasteiger partial charge in [0.05, 0.1) is 0 Å². The van der Waals surface area contributed by atoms with Crippen LogP contribution in [0.25, 0.3) is 0 Å². The van der Waals surface area contributed by atoms with Crippen molar-refractivity contribution >= 4 is 0 Å². The number of aromatic hydroxyl groups is 2. The number of nitrogens with zero attached hydrogens (tertiary/aromatic N) is 1. The molecule has 0 fully saturated rings. The van der Waals surface area contributed by atoms with Gasteiger partial charge in [-0.2, -0.15) is 0 Å². The molecule has 1 heterocycles. The monoisotopic (exact) mass is 207 g/mol. The Kier molecular flexibility index (Phi) is 2.71. The Morgan fingerprint density at radius 1 is 1.13 bits per heavy atom. The van der Waals surface area contributed by atoms with E-state index in [1.807, 2.05) is 6.08 Å². The fourth-order valence-corrected chi connectivity index (χ4v) is 1.93. The van der Waals surface area contributed by atoms with Crippen LogP contribution in [0.5, 0.6) is 11.8 Å². The van der Waals surface area contributed by atoms with Crippen LogP contribution >= 0.6 is 0 Å². The summed E-state index contributed by atoms with van der Waals surface area (Å²) < 4.78 is 1.61. The standard InChI is InChI=1S/C12H17NO2/c1-2-3-4-5-6-7-13-11(14)9-8-10(9)12(13)15/h2,14-15H,1,3-8H2. The van der Waals surface area contributed by atoms with E-state index in [9.17, 15) is 10.2 Å². The van der Waals surface area contributed by atoms with Crippen LogP contribution in [-0.4, -0.2) is 14.8 Å². The van der Waals surface area contributed by atoms with Crippen LogP contribution in [0.3, 0.4) is 0 Å². The Hall–Kier alpha value is -1.38. The molecule has 2 N–H and O–H groups in total. The Morgan fingerprint density at radius 2 is 1.80 bits per heavy atom. The molecule has 0 atom stereocenters. The molecular formula is C12H17NO2. The molecule has 0 radical (unpaired) electrons. The van der Waals surface area contributed by atoms with Gasteiger partial charge in [0.1, 0.15) is 0 Å². The summed E-state index contributed by atoms with van der Waals surface area (Å²) in [5.74, 6) is 0.539. The molecule has 0 spiro atoms. The lowest BCUT2D eigenvalue weighted by molar-refractivity contribution is 0.356. The predicted molar refractivity (Wildman–Crippen MR) is 59.2 cm³/mol. The molecule has 15 heavy (non-hydrogen) atoms. The van der Waals surface area contributed by atoms with Gasteiger partial charge in [0.2, 0.25) is 0 Å². The lowest BCUT2D eigenvalue weighted by atomic mass is 10.2. The van der Waals surface area contributed by atoms with Gasteiger partial charge in [-0.1, -0.05) is 12.5 Å². The second kappa shape index (κ2) is 4.01. The topological polar surface area (TPSA) is 45.4 Å². The molecule has 0 amide bonds. The quantitative estimate of drug-likeness (QED) is 0.565. The average molecular weight is 207 g/mol. The molecule has 82 valence electrons. The first-order valence-corrected chi connectivity index (χ1v) is 5.48. The van der Waals surface area contributed by atoms with Crippen LogP contribution < -0.4 is 0 Å². The number of aromatic nitrogens is 1. The SMILES string of the molecule is C=CCCCCCn1c(O)c2c(c1O)C2. The highest BCUT2D eigenvalue weighted by Crippen LogP contribution is 2.46. The van der Waals surface area contributed by atoms with Crippen molar-refractivity contribution in [3.8, 4) is 11.8 Å². The van der Waals surface area contributed by atoms with Crippen molar-refractivity contribution in [2.75, 3.05) is 0 Å². The summed E-state index contributed by atoms with van der Waals surface area (Å²) in [6.45, 7) is 4.38. The van der Waals surface area contributed by atoms with E-state index in [1.165, 1.54) is 0 Å². The Morgan fingerprint density at radius 3 is 2.40 bits per heavy atom. The highest BCUT2D eigenvalue weighted by molar-refractivity contribution is 5.59. The summed E-state index contributed by atoms with van der Waals surface area (Å²) >= 11 is 0. The van der Waals surface area contributed by atoms with Gasteiger partial charge in [0, 0.05) is 24.1 Å². The lowest BCUT2D eigenvalue weighted by Gasteiger charge is -2.07. The molecule has 0 aliphatic heterocycles. The largest absolute Gasteiger partial charge is 0.494 e. The second-order valence-corrected chi connectivity index (χ2v) is 4.07. The average Bonchev–Trinajstić information content (AvgIpc) is 2.97. The number of allylic oxidation sites excluding steroid dienone is 1. The van der Waals surface area contributed by atoms with E-state index >= 15 is 0 Å². The molecule has 0 saturated heterocycles. The molecule has 0 saturated carbocycles.